The molecule has 2 rings (SSSR count). The van der Waals surface area contributed by atoms with Gasteiger partial charge in [0, 0.05) is 25.2 Å². The van der Waals surface area contributed by atoms with Gasteiger partial charge < -0.3 is 15.8 Å². The van der Waals surface area contributed by atoms with E-state index in [1.807, 2.05) is 6.07 Å². The highest BCUT2D eigenvalue weighted by atomic mass is 16.5. The number of nitrogens with one attached hydrogen (secondary N) is 1. The summed E-state index contributed by atoms with van der Waals surface area (Å²) in [5.74, 6) is 0. The van der Waals surface area contributed by atoms with Crippen molar-refractivity contribution in [2.75, 3.05) is 13.2 Å². The van der Waals surface area contributed by atoms with Crippen molar-refractivity contribution in [1.29, 1.82) is 0 Å². The standard InChI is InChI=1S/C15H24N2O/c1-2-18-15-9-14(10-15)17-11-13(16)8-12-6-4-3-5-7-12/h3-7,13-15,17H,2,8-11,16H2,1H3. The molecule has 0 aromatic heterocycles. The molecule has 1 aromatic rings. The van der Waals surface area contributed by atoms with Crippen LogP contribution in [0.4, 0.5) is 0 Å². The third kappa shape index (κ3) is 4.09. The quantitative estimate of drug-likeness (QED) is 0.772. The van der Waals surface area contributed by atoms with Gasteiger partial charge in [-0.1, -0.05) is 30.3 Å². The molecule has 0 bridgehead atoms. The molecule has 1 unspecified atom stereocenters. The van der Waals surface area contributed by atoms with Gasteiger partial charge in [-0.25, -0.2) is 0 Å². The second-order valence-electron chi connectivity index (χ2n) is 5.10. The molecule has 3 nitrogen and oxygen atoms in total. The van der Waals surface area contributed by atoms with Crippen LogP contribution in [0.3, 0.4) is 0 Å². The van der Waals surface area contributed by atoms with Gasteiger partial charge in [0.05, 0.1) is 6.10 Å². The van der Waals surface area contributed by atoms with Gasteiger partial charge in [0.1, 0.15) is 0 Å². The Balaban J connectivity index is 1.60. The molecule has 0 heterocycles. The van der Waals surface area contributed by atoms with Crippen molar-refractivity contribution in [3.8, 4) is 0 Å². The van der Waals surface area contributed by atoms with E-state index < -0.39 is 0 Å². The predicted molar refractivity (Wildman–Crippen MR) is 74.6 cm³/mol. The van der Waals surface area contributed by atoms with Gasteiger partial charge in [0.15, 0.2) is 0 Å². The monoisotopic (exact) mass is 248 g/mol. The second-order valence-corrected chi connectivity index (χ2v) is 5.10. The van der Waals surface area contributed by atoms with Crippen LogP contribution in [0.15, 0.2) is 30.3 Å². The summed E-state index contributed by atoms with van der Waals surface area (Å²) in [6, 6.07) is 11.2. The third-order valence-electron chi connectivity index (χ3n) is 3.51. The number of hydrogen-bond donors (Lipinski definition) is 2. The molecule has 0 spiro atoms. The van der Waals surface area contributed by atoms with Gasteiger partial charge in [-0.15, -0.1) is 0 Å². The molecule has 100 valence electrons. The summed E-state index contributed by atoms with van der Waals surface area (Å²) < 4.78 is 5.54. The average molecular weight is 248 g/mol. The lowest BCUT2D eigenvalue weighted by molar-refractivity contribution is -0.00998. The first kappa shape index (κ1) is 13.5. The summed E-state index contributed by atoms with van der Waals surface area (Å²) in [5.41, 5.74) is 7.44. The first-order valence-corrected chi connectivity index (χ1v) is 6.92. The van der Waals surface area contributed by atoms with Crippen molar-refractivity contribution >= 4 is 0 Å². The van der Waals surface area contributed by atoms with E-state index >= 15 is 0 Å². The molecule has 1 aliphatic carbocycles. The first-order valence-electron chi connectivity index (χ1n) is 6.92. The fourth-order valence-corrected chi connectivity index (χ4v) is 2.41. The Bertz CT molecular complexity index is 336. The Labute approximate surface area is 110 Å². The van der Waals surface area contributed by atoms with E-state index in [1.165, 1.54) is 5.56 Å². The molecule has 0 amide bonds. The molecule has 0 saturated heterocycles. The van der Waals surface area contributed by atoms with Crippen LogP contribution in [-0.4, -0.2) is 31.3 Å². The van der Waals surface area contributed by atoms with Crippen molar-refractivity contribution in [3.05, 3.63) is 35.9 Å². The Morgan fingerprint density at radius 3 is 2.72 bits per heavy atom. The molecule has 1 atom stereocenters. The molecule has 3 N–H and O–H groups in total. The fourth-order valence-electron chi connectivity index (χ4n) is 2.41. The number of rotatable bonds is 7. The lowest BCUT2D eigenvalue weighted by atomic mass is 9.89. The topological polar surface area (TPSA) is 47.3 Å². The second kappa shape index (κ2) is 6.88. The molecule has 1 aromatic carbocycles. The molecule has 0 aliphatic heterocycles. The highest BCUT2D eigenvalue weighted by molar-refractivity contribution is 5.15. The van der Waals surface area contributed by atoms with Gasteiger partial charge in [0.25, 0.3) is 0 Å². The lowest BCUT2D eigenvalue weighted by Gasteiger charge is -2.36. The Kier molecular flexibility index (Phi) is 5.17. The average Bonchev–Trinajstić information content (AvgIpc) is 2.33. The lowest BCUT2D eigenvalue weighted by Crippen LogP contribution is -2.49. The highest BCUT2D eigenvalue weighted by Crippen LogP contribution is 2.22. The number of ether oxygens (including phenoxy) is 1. The molecule has 0 radical (unpaired) electrons. The van der Waals surface area contributed by atoms with Crippen molar-refractivity contribution < 1.29 is 4.74 Å². The van der Waals surface area contributed by atoms with E-state index in [0.717, 1.165) is 32.4 Å². The number of nitrogens with two attached hydrogens (primary N) is 1. The van der Waals surface area contributed by atoms with Crippen LogP contribution in [0.1, 0.15) is 25.3 Å². The van der Waals surface area contributed by atoms with E-state index in [2.05, 4.69) is 36.5 Å². The largest absolute Gasteiger partial charge is 0.378 e. The zero-order chi connectivity index (χ0) is 12.8. The van der Waals surface area contributed by atoms with Crippen molar-refractivity contribution in [2.45, 2.75) is 44.4 Å². The summed E-state index contributed by atoms with van der Waals surface area (Å²) in [5, 5.41) is 3.52. The van der Waals surface area contributed by atoms with Crippen LogP contribution >= 0.6 is 0 Å². The summed E-state index contributed by atoms with van der Waals surface area (Å²) in [6.07, 6.45) is 3.67. The van der Waals surface area contributed by atoms with Crippen molar-refractivity contribution in [2.24, 2.45) is 5.73 Å². The van der Waals surface area contributed by atoms with Crippen molar-refractivity contribution in [3.63, 3.8) is 0 Å². The highest BCUT2D eigenvalue weighted by Gasteiger charge is 2.29. The van der Waals surface area contributed by atoms with Crippen LogP contribution in [0.5, 0.6) is 0 Å². The van der Waals surface area contributed by atoms with Gasteiger partial charge >= 0.3 is 0 Å². The summed E-state index contributed by atoms with van der Waals surface area (Å²) in [6.45, 7) is 3.76. The minimum atomic E-state index is 0.193. The molecule has 3 heteroatoms. The van der Waals surface area contributed by atoms with Gasteiger partial charge in [0.2, 0.25) is 0 Å². The third-order valence-corrected chi connectivity index (χ3v) is 3.51. The maximum absolute atomic E-state index is 6.13. The predicted octanol–water partition coefficient (Wildman–Crippen LogP) is 1.71. The normalized spacial score (nSPS) is 24.6. The van der Waals surface area contributed by atoms with Gasteiger partial charge in [-0.2, -0.15) is 0 Å². The Hall–Kier alpha value is -0.900. The zero-order valence-corrected chi connectivity index (χ0v) is 11.1. The van der Waals surface area contributed by atoms with Crippen LogP contribution in [0, 0.1) is 0 Å². The minimum Gasteiger partial charge on any atom is -0.378 e. The van der Waals surface area contributed by atoms with E-state index in [4.69, 9.17) is 10.5 Å². The van der Waals surface area contributed by atoms with Crippen LogP contribution in [0.2, 0.25) is 0 Å². The zero-order valence-electron chi connectivity index (χ0n) is 11.1. The Morgan fingerprint density at radius 1 is 1.33 bits per heavy atom. The van der Waals surface area contributed by atoms with E-state index in [9.17, 15) is 0 Å². The SMILES string of the molecule is CCOC1CC(NCC(N)Cc2ccccc2)C1. The number of hydrogen-bond acceptors (Lipinski definition) is 3. The fraction of sp³-hybridized carbons (Fsp3) is 0.600. The summed E-state index contributed by atoms with van der Waals surface area (Å²) in [7, 11) is 0. The van der Waals surface area contributed by atoms with Gasteiger partial charge in [-0.3, -0.25) is 0 Å². The number of benzene rings is 1. The summed E-state index contributed by atoms with van der Waals surface area (Å²) in [4.78, 5) is 0. The van der Waals surface area contributed by atoms with Gasteiger partial charge in [-0.05, 0) is 31.7 Å². The van der Waals surface area contributed by atoms with Crippen LogP contribution in [0.25, 0.3) is 0 Å². The molecular weight excluding hydrogens is 224 g/mol. The maximum atomic E-state index is 6.13. The Morgan fingerprint density at radius 2 is 2.06 bits per heavy atom. The van der Waals surface area contributed by atoms with Crippen molar-refractivity contribution in [1.82, 2.24) is 5.32 Å². The first-order chi connectivity index (χ1) is 8.78. The van der Waals surface area contributed by atoms with E-state index in [0.29, 0.717) is 12.1 Å². The summed E-state index contributed by atoms with van der Waals surface area (Å²) >= 11 is 0. The maximum Gasteiger partial charge on any atom is 0.0604 e. The molecular formula is C15H24N2O. The molecule has 1 fully saturated rings. The van der Waals surface area contributed by atoms with Crippen LogP contribution < -0.4 is 11.1 Å². The van der Waals surface area contributed by atoms with Crippen LogP contribution in [-0.2, 0) is 11.2 Å². The molecule has 18 heavy (non-hydrogen) atoms. The minimum absolute atomic E-state index is 0.193. The van der Waals surface area contributed by atoms with E-state index in [1.54, 1.807) is 0 Å². The molecule has 1 saturated carbocycles. The smallest absolute Gasteiger partial charge is 0.0604 e. The van der Waals surface area contributed by atoms with E-state index in [-0.39, 0.29) is 6.04 Å². The molecule has 1 aliphatic rings.